The molecule has 4 nitrogen and oxygen atoms in total. The van der Waals surface area contributed by atoms with Crippen LogP contribution in [0.5, 0.6) is 0 Å². The van der Waals surface area contributed by atoms with E-state index in [1.807, 2.05) is 0 Å². The molecule has 2 aromatic carbocycles. The van der Waals surface area contributed by atoms with Crippen molar-refractivity contribution in [3.8, 4) is 0 Å². The molecule has 0 radical (unpaired) electrons. The standard InChI is InChI=1S/C18H15Cl2FN4/c1-11-23-17(22-10-12-4-2-3-5-15(12)21)9-18(24-11)25-16-7-6-13(19)8-14(16)20/h2-9H,10H2,1H3,(H2,22,23,24,25). The van der Waals surface area contributed by atoms with Crippen LogP contribution in [-0.4, -0.2) is 9.97 Å². The van der Waals surface area contributed by atoms with Crippen LogP contribution in [-0.2, 0) is 6.54 Å². The summed E-state index contributed by atoms with van der Waals surface area (Å²) in [5.74, 6) is 1.48. The summed E-state index contributed by atoms with van der Waals surface area (Å²) in [5, 5.41) is 7.29. The molecule has 3 rings (SSSR count). The van der Waals surface area contributed by atoms with Crippen molar-refractivity contribution in [3.63, 3.8) is 0 Å². The Morgan fingerprint density at radius 1 is 1.00 bits per heavy atom. The maximum atomic E-state index is 13.7. The van der Waals surface area contributed by atoms with Crippen molar-refractivity contribution in [3.05, 3.63) is 75.8 Å². The molecule has 3 aromatic rings. The highest BCUT2D eigenvalue weighted by atomic mass is 35.5. The van der Waals surface area contributed by atoms with Gasteiger partial charge < -0.3 is 10.6 Å². The van der Waals surface area contributed by atoms with Gasteiger partial charge in [-0.05, 0) is 31.2 Å². The van der Waals surface area contributed by atoms with E-state index < -0.39 is 0 Å². The number of benzene rings is 2. The summed E-state index contributed by atoms with van der Waals surface area (Å²) in [6.45, 7) is 2.10. The van der Waals surface area contributed by atoms with E-state index in [2.05, 4.69) is 20.6 Å². The molecule has 0 fully saturated rings. The Morgan fingerprint density at radius 2 is 1.76 bits per heavy atom. The molecule has 2 N–H and O–H groups in total. The van der Waals surface area contributed by atoms with Gasteiger partial charge in [-0.3, -0.25) is 0 Å². The maximum absolute atomic E-state index is 13.7. The molecular weight excluding hydrogens is 362 g/mol. The van der Waals surface area contributed by atoms with E-state index in [9.17, 15) is 4.39 Å². The van der Waals surface area contributed by atoms with Gasteiger partial charge in [-0.2, -0.15) is 0 Å². The molecule has 0 bridgehead atoms. The lowest BCUT2D eigenvalue weighted by Gasteiger charge is -2.11. The zero-order chi connectivity index (χ0) is 17.8. The highest BCUT2D eigenvalue weighted by Gasteiger charge is 2.07. The van der Waals surface area contributed by atoms with E-state index >= 15 is 0 Å². The first-order chi connectivity index (χ1) is 12.0. The van der Waals surface area contributed by atoms with Gasteiger partial charge in [0.05, 0.1) is 10.7 Å². The van der Waals surface area contributed by atoms with Crippen LogP contribution in [0.4, 0.5) is 21.7 Å². The van der Waals surface area contributed by atoms with Gasteiger partial charge in [0.2, 0.25) is 0 Å². The SMILES string of the molecule is Cc1nc(NCc2ccccc2F)cc(Nc2ccc(Cl)cc2Cl)n1. The van der Waals surface area contributed by atoms with Gasteiger partial charge in [0.1, 0.15) is 23.3 Å². The minimum Gasteiger partial charge on any atom is -0.366 e. The van der Waals surface area contributed by atoms with Crippen LogP contribution >= 0.6 is 23.2 Å². The number of nitrogens with one attached hydrogen (secondary N) is 2. The van der Waals surface area contributed by atoms with Gasteiger partial charge in [-0.1, -0.05) is 41.4 Å². The third kappa shape index (κ3) is 4.59. The molecule has 1 heterocycles. The topological polar surface area (TPSA) is 49.8 Å². The Balaban J connectivity index is 1.77. The summed E-state index contributed by atoms with van der Waals surface area (Å²) in [7, 11) is 0. The Morgan fingerprint density at radius 3 is 2.52 bits per heavy atom. The molecule has 0 unspecified atom stereocenters. The van der Waals surface area contributed by atoms with E-state index in [1.54, 1.807) is 49.4 Å². The summed E-state index contributed by atoms with van der Waals surface area (Å²) < 4.78 is 13.7. The monoisotopic (exact) mass is 376 g/mol. The second-order valence-electron chi connectivity index (χ2n) is 5.38. The van der Waals surface area contributed by atoms with Gasteiger partial charge in [-0.25, -0.2) is 14.4 Å². The predicted octanol–water partition coefficient (Wildman–Crippen LogP) is 5.59. The van der Waals surface area contributed by atoms with Crippen molar-refractivity contribution >= 4 is 40.5 Å². The number of nitrogens with zero attached hydrogens (tertiary/aromatic N) is 2. The van der Waals surface area contributed by atoms with Crippen LogP contribution in [0.1, 0.15) is 11.4 Å². The summed E-state index contributed by atoms with van der Waals surface area (Å²) in [5.41, 5.74) is 1.25. The molecule has 0 aliphatic rings. The lowest BCUT2D eigenvalue weighted by molar-refractivity contribution is 0.613. The minimum absolute atomic E-state index is 0.257. The van der Waals surface area contributed by atoms with Crippen molar-refractivity contribution in [1.29, 1.82) is 0 Å². The van der Waals surface area contributed by atoms with Crippen molar-refractivity contribution in [2.45, 2.75) is 13.5 Å². The number of aryl methyl sites for hydroxylation is 1. The number of anilines is 3. The second kappa shape index (κ2) is 7.68. The summed E-state index contributed by atoms with van der Waals surface area (Å²) in [4.78, 5) is 8.66. The molecule has 0 saturated carbocycles. The zero-order valence-electron chi connectivity index (χ0n) is 13.4. The van der Waals surface area contributed by atoms with Gasteiger partial charge in [0.25, 0.3) is 0 Å². The average Bonchev–Trinajstić information content (AvgIpc) is 2.56. The normalized spacial score (nSPS) is 10.6. The molecular formula is C18H15Cl2FN4. The lowest BCUT2D eigenvalue weighted by Crippen LogP contribution is -2.06. The van der Waals surface area contributed by atoms with E-state index in [-0.39, 0.29) is 5.82 Å². The molecule has 0 amide bonds. The van der Waals surface area contributed by atoms with Crippen LogP contribution in [0.15, 0.2) is 48.5 Å². The third-order valence-electron chi connectivity index (χ3n) is 3.45. The summed E-state index contributed by atoms with van der Waals surface area (Å²) in [6.07, 6.45) is 0. The van der Waals surface area contributed by atoms with E-state index in [0.29, 0.717) is 45.3 Å². The van der Waals surface area contributed by atoms with Crippen LogP contribution in [0, 0.1) is 12.7 Å². The molecule has 7 heteroatoms. The van der Waals surface area contributed by atoms with Crippen LogP contribution in [0.25, 0.3) is 0 Å². The predicted molar refractivity (Wildman–Crippen MR) is 100 cm³/mol. The van der Waals surface area contributed by atoms with Crippen molar-refractivity contribution in [2.24, 2.45) is 0 Å². The second-order valence-corrected chi connectivity index (χ2v) is 6.22. The van der Waals surface area contributed by atoms with Gasteiger partial charge in [-0.15, -0.1) is 0 Å². The van der Waals surface area contributed by atoms with Crippen LogP contribution in [0.2, 0.25) is 10.0 Å². The Hall–Kier alpha value is -2.37. The number of hydrogen-bond acceptors (Lipinski definition) is 4. The smallest absolute Gasteiger partial charge is 0.136 e. The molecule has 0 atom stereocenters. The van der Waals surface area contributed by atoms with E-state index in [4.69, 9.17) is 23.2 Å². The third-order valence-corrected chi connectivity index (χ3v) is 4.00. The molecule has 128 valence electrons. The van der Waals surface area contributed by atoms with E-state index in [1.165, 1.54) is 6.07 Å². The summed E-state index contributed by atoms with van der Waals surface area (Å²) >= 11 is 12.1. The Bertz CT molecular complexity index is 902. The van der Waals surface area contributed by atoms with Crippen molar-refractivity contribution in [2.75, 3.05) is 10.6 Å². The number of rotatable bonds is 5. The van der Waals surface area contributed by atoms with Gasteiger partial charge >= 0.3 is 0 Å². The fraction of sp³-hybridized carbons (Fsp3) is 0.111. The van der Waals surface area contributed by atoms with Crippen molar-refractivity contribution < 1.29 is 4.39 Å². The van der Waals surface area contributed by atoms with Crippen molar-refractivity contribution in [1.82, 2.24) is 9.97 Å². The first-order valence-corrected chi connectivity index (χ1v) is 8.32. The molecule has 1 aromatic heterocycles. The minimum atomic E-state index is -0.257. The Kier molecular flexibility index (Phi) is 5.36. The van der Waals surface area contributed by atoms with Gasteiger partial charge in [0.15, 0.2) is 0 Å². The number of halogens is 3. The fourth-order valence-electron chi connectivity index (χ4n) is 2.28. The van der Waals surface area contributed by atoms with Crippen LogP contribution in [0.3, 0.4) is 0 Å². The fourth-order valence-corrected chi connectivity index (χ4v) is 2.73. The van der Waals surface area contributed by atoms with Crippen LogP contribution < -0.4 is 10.6 Å². The number of aromatic nitrogens is 2. The first kappa shape index (κ1) is 17.5. The maximum Gasteiger partial charge on any atom is 0.136 e. The molecule has 0 aliphatic heterocycles. The average molecular weight is 377 g/mol. The van der Waals surface area contributed by atoms with Gasteiger partial charge in [0, 0.05) is 23.2 Å². The molecule has 0 spiro atoms. The molecule has 25 heavy (non-hydrogen) atoms. The first-order valence-electron chi connectivity index (χ1n) is 7.56. The molecule has 0 saturated heterocycles. The summed E-state index contributed by atoms with van der Waals surface area (Å²) in [6, 6.07) is 13.5. The number of hydrogen-bond donors (Lipinski definition) is 2. The Labute approximate surface area is 155 Å². The largest absolute Gasteiger partial charge is 0.366 e. The quantitative estimate of drug-likeness (QED) is 0.609. The lowest BCUT2D eigenvalue weighted by atomic mass is 10.2. The highest BCUT2D eigenvalue weighted by Crippen LogP contribution is 2.28. The highest BCUT2D eigenvalue weighted by molar-refractivity contribution is 6.36. The zero-order valence-corrected chi connectivity index (χ0v) is 14.9. The molecule has 0 aliphatic carbocycles. The van der Waals surface area contributed by atoms with E-state index in [0.717, 1.165) is 0 Å².